The lowest BCUT2D eigenvalue weighted by Crippen LogP contribution is -2.43. The zero-order valence-corrected chi connectivity index (χ0v) is 11.2. The van der Waals surface area contributed by atoms with Gasteiger partial charge in [-0.05, 0) is 43.5 Å². The maximum atomic E-state index is 13.2. The second-order valence-corrected chi connectivity index (χ2v) is 5.87. The fourth-order valence-corrected chi connectivity index (χ4v) is 2.75. The highest BCUT2D eigenvalue weighted by molar-refractivity contribution is 5.23. The van der Waals surface area contributed by atoms with Crippen molar-refractivity contribution >= 4 is 0 Å². The van der Waals surface area contributed by atoms with Gasteiger partial charge in [0, 0.05) is 25.1 Å². The van der Waals surface area contributed by atoms with Crippen LogP contribution in [0.15, 0.2) is 18.2 Å². The van der Waals surface area contributed by atoms with Crippen molar-refractivity contribution in [1.29, 1.82) is 0 Å². The van der Waals surface area contributed by atoms with Crippen molar-refractivity contribution in [2.45, 2.75) is 33.2 Å². The van der Waals surface area contributed by atoms with Gasteiger partial charge in [0.05, 0.1) is 0 Å². The van der Waals surface area contributed by atoms with Gasteiger partial charge in [-0.3, -0.25) is 4.90 Å². The lowest BCUT2D eigenvalue weighted by molar-refractivity contribution is 0.0429. The van der Waals surface area contributed by atoms with E-state index in [0.29, 0.717) is 5.56 Å². The van der Waals surface area contributed by atoms with Gasteiger partial charge in [-0.2, -0.15) is 0 Å². The van der Waals surface area contributed by atoms with Crippen LogP contribution in [-0.2, 0) is 6.54 Å². The van der Waals surface area contributed by atoms with Crippen LogP contribution in [0.5, 0.6) is 0 Å². The summed E-state index contributed by atoms with van der Waals surface area (Å²) < 4.78 is 13.2. The minimum absolute atomic E-state index is 0.0212. The first-order chi connectivity index (χ1) is 8.52. The Hall–Kier alpha value is -0.930. The van der Waals surface area contributed by atoms with E-state index in [0.717, 1.165) is 38.0 Å². The Bertz CT molecular complexity index is 421. The van der Waals surface area contributed by atoms with E-state index in [4.69, 9.17) is 0 Å². The molecule has 3 heteroatoms. The molecule has 0 radical (unpaired) electrons. The lowest BCUT2D eigenvalue weighted by Gasteiger charge is -2.39. The summed E-state index contributed by atoms with van der Waals surface area (Å²) in [5.74, 6) is -0.141. The number of likely N-dealkylation sites (tertiary alicyclic amines) is 1. The van der Waals surface area contributed by atoms with E-state index in [9.17, 15) is 9.50 Å². The molecule has 0 amide bonds. The molecule has 1 aliphatic heterocycles. The first-order valence-corrected chi connectivity index (χ1v) is 6.61. The molecule has 1 atom stereocenters. The average molecular weight is 251 g/mol. The molecular weight excluding hydrogens is 229 g/mol. The van der Waals surface area contributed by atoms with Gasteiger partial charge in [0.1, 0.15) is 5.82 Å². The molecule has 100 valence electrons. The van der Waals surface area contributed by atoms with E-state index in [-0.39, 0.29) is 17.8 Å². The molecule has 2 nitrogen and oxygen atoms in total. The van der Waals surface area contributed by atoms with Gasteiger partial charge in [0.25, 0.3) is 0 Å². The largest absolute Gasteiger partial charge is 0.396 e. The molecule has 1 heterocycles. The van der Waals surface area contributed by atoms with Crippen molar-refractivity contribution in [2.75, 3.05) is 19.7 Å². The number of hydrogen-bond donors (Lipinski definition) is 1. The van der Waals surface area contributed by atoms with Crippen LogP contribution in [0.4, 0.5) is 4.39 Å². The summed E-state index contributed by atoms with van der Waals surface area (Å²) in [7, 11) is 0. The third-order valence-electron chi connectivity index (χ3n) is 3.87. The Morgan fingerprint density at radius 1 is 1.44 bits per heavy atom. The predicted molar refractivity (Wildman–Crippen MR) is 70.8 cm³/mol. The van der Waals surface area contributed by atoms with Gasteiger partial charge in [0.2, 0.25) is 0 Å². The maximum absolute atomic E-state index is 13.2. The van der Waals surface area contributed by atoms with Crippen molar-refractivity contribution in [3.63, 3.8) is 0 Å². The van der Waals surface area contributed by atoms with Crippen LogP contribution in [0, 0.1) is 18.2 Å². The number of aryl methyl sites for hydroxylation is 1. The van der Waals surface area contributed by atoms with Crippen LogP contribution in [0.25, 0.3) is 0 Å². The van der Waals surface area contributed by atoms with Crippen molar-refractivity contribution < 1.29 is 9.50 Å². The molecule has 1 N–H and O–H groups in total. The van der Waals surface area contributed by atoms with E-state index in [1.54, 1.807) is 13.0 Å². The molecule has 1 aliphatic rings. The summed E-state index contributed by atoms with van der Waals surface area (Å²) in [5.41, 5.74) is 1.87. The van der Waals surface area contributed by atoms with Crippen LogP contribution in [-0.4, -0.2) is 29.7 Å². The third-order valence-corrected chi connectivity index (χ3v) is 3.87. The molecule has 18 heavy (non-hydrogen) atoms. The Morgan fingerprint density at radius 2 is 2.22 bits per heavy atom. The second-order valence-electron chi connectivity index (χ2n) is 5.87. The molecule has 1 aromatic carbocycles. The van der Waals surface area contributed by atoms with Gasteiger partial charge < -0.3 is 5.11 Å². The zero-order chi connectivity index (χ0) is 13.2. The molecule has 1 aromatic rings. The Labute approximate surface area is 108 Å². The van der Waals surface area contributed by atoms with Crippen LogP contribution in [0.1, 0.15) is 30.9 Å². The zero-order valence-electron chi connectivity index (χ0n) is 11.2. The number of piperidine rings is 1. The van der Waals surface area contributed by atoms with Crippen molar-refractivity contribution in [3.8, 4) is 0 Å². The van der Waals surface area contributed by atoms with Crippen molar-refractivity contribution in [2.24, 2.45) is 5.41 Å². The van der Waals surface area contributed by atoms with Gasteiger partial charge >= 0.3 is 0 Å². The molecule has 0 unspecified atom stereocenters. The number of rotatable bonds is 3. The summed E-state index contributed by atoms with van der Waals surface area (Å²) in [4.78, 5) is 2.35. The van der Waals surface area contributed by atoms with Crippen LogP contribution < -0.4 is 0 Å². The Balaban J connectivity index is 2.02. The summed E-state index contributed by atoms with van der Waals surface area (Å²) >= 11 is 0. The summed E-state index contributed by atoms with van der Waals surface area (Å²) in [6.45, 7) is 7.00. The first kappa shape index (κ1) is 13.5. The predicted octanol–water partition coefficient (Wildman–Crippen LogP) is 2.73. The van der Waals surface area contributed by atoms with Crippen LogP contribution >= 0.6 is 0 Å². The normalized spacial score (nSPS) is 25.3. The minimum atomic E-state index is -0.141. The molecule has 0 aliphatic carbocycles. The standard InChI is InChI=1S/C15H22FNO/c1-12-8-13(4-5-14(12)16)9-17-7-3-6-15(2,10-17)11-18/h4-5,8,18H,3,6-7,9-11H2,1-2H3/t15-/m1/s1. The molecule has 0 spiro atoms. The average Bonchev–Trinajstić information content (AvgIpc) is 2.34. The smallest absolute Gasteiger partial charge is 0.126 e. The fourth-order valence-electron chi connectivity index (χ4n) is 2.75. The topological polar surface area (TPSA) is 23.5 Å². The molecule has 0 aromatic heterocycles. The van der Waals surface area contributed by atoms with Gasteiger partial charge in [0.15, 0.2) is 0 Å². The Kier molecular flexibility index (Phi) is 4.03. The Morgan fingerprint density at radius 3 is 2.89 bits per heavy atom. The van der Waals surface area contributed by atoms with Gasteiger partial charge in [-0.15, -0.1) is 0 Å². The lowest BCUT2D eigenvalue weighted by atomic mass is 9.82. The molecule has 0 bridgehead atoms. The number of aliphatic hydroxyl groups excluding tert-OH is 1. The molecule has 2 rings (SSSR count). The van der Waals surface area contributed by atoms with Gasteiger partial charge in [-0.25, -0.2) is 4.39 Å². The van der Waals surface area contributed by atoms with E-state index in [2.05, 4.69) is 11.8 Å². The first-order valence-electron chi connectivity index (χ1n) is 6.61. The number of halogens is 1. The molecule has 1 fully saturated rings. The SMILES string of the molecule is Cc1cc(CN2CCC[C@@](C)(CO)C2)ccc1F. The highest BCUT2D eigenvalue weighted by atomic mass is 19.1. The highest BCUT2D eigenvalue weighted by Gasteiger charge is 2.30. The molecule has 0 saturated carbocycles. The van der Waals surface area contributed by atoms with Crippen LogP contribution in [0.3, 0.4) is 0 Å². The molecule has 1 saturated heterocycles. The number of benzene rings is 1. The number of aliphatic hydroxyl groups is 1. The van der Waals surface area contributed by atoms with E-state index in [1.165, 1.54) is 0 Å². The minimum Gasteiger partial charge on any atom is -0.396 e. The highest BCUT2D eigenvalue weighted by Crippen LogP contribution is 2.29. The van der Waals surface area contributed by atoms with Crippen molar-refractivity contribution in [1.82, 2.24) is 4.90 Å². The summed E-state index contributed by atoms with van der Waals surface area (Å²) in [6, 6.07) is 5.31. The van der Waals surface area contributed by atoms with E-state index >= 15 is 0 Å². The van der Waals surface area contributed by atoms with E-state index < -0.39 is 0 Å². The maximum Gasteiger partial charge on any atom is 0.126 e. The van der Waals surface area contributed by atoms with E-state index in [1.807, 2.05) is 12.1 Å². The molecular formula is C15H22FNO. The fraction of sp³-hybridized carbons (Fsp3) is 0.600. The quantitative estimate of drug-likeness (QED) is 0.893. The van der Waals surface area contributed by atoms with Crippen LogP contribution in [0.2, 0.25) is 0 Å². The van der Waals surface area contributed by atoms with Crippen molar-refractivity contribution in [3.05, 3.63) is 35.1 Å². The monoisotopic (exact) mass is 251 g/mol. The summed E-state index contributed by atoms with van der Waals surface area (Å²) in [6.07, 6.45) is 2.21. The third kappa shape index (κ3) is 3.09. The summed E-state index contributed by atoms with van der Waals surface area (Å²) in [5, 5.41) is 9.44. The van der Waals surface area contributed by atoms with Gasteiger partial charge in [-0.1, -0.05) is 19.1 Å². The second kappa shape index (κ2) is 5.37. The number of nitrogens with zero attached hydrogens (tertiary/aromatic N) is 1. The number of hydrogen-bond acceptors (Lipinski definition) is 2.